The third kappa shape index (κ3) is 4.02. The number of benzene rings is 1. The van der Waals surface area contributed by atoms with Gasteiger partial charge in [0.15, 0.2) is 11.8 Å². The SMILES string of the molecule is Cc1ccc(NC(=O)[C@@H](C)OC(=O)Cn2cnc3c(cnn3C)c2=O)cc1. The summed E-state index contributed by atoms with van der Waals surface area (Å²) in [6.45, 7) is 3.06. The van der Waals surface area contributed by atoms with Crippen LogP contribution in [0.25, 0.3) is 11.0 Å². The number of aromatic nitrogens is 4. The topological polar surface area (TPSA) is 108 Å². The number of fused-ring (bicyclic) bond motifs is 1. The molecule has 0 aliphatic carbocycles. The second-order valence-electron chi connectivity index (χ2n) is 6.17. The lowest BCUT2D eigenvalue weighted by atomic mass is 10.2. The Bertz CT molecular complexity index is 1050. The van der Waals surface area contributed by atoms with Crippen molar-refractivity contribution in [2.75, 3.05) is 5.32 Å². The largest absolute Gasteiger partial charge is 0.451 e. The van der Waals surface area contributed by atoms with E-state index >= 15 is 0 Å². The Kier molecular flexibility index (Phi) is 5.02. The van der Waals surface area contributed by atoms with E-state index in [2.05, 4.69) is 15.4 Å². The predicted molar refractivity (Wildman–Crippen MR) is 98.1 cm³/mol. The molecular formula is C18H19N5O4. The molecule has 0 unspecified atom stereocenters. The quantitative estimate of drug-likeness (QED) is 0.673. The first-order chi connectivity index (χ1) is 12.8. The van der Waals surface area contributed by atoms with Gasteiger partial charge in [-0.25, -0.2) is 4.98 Å². The van der Waals surface area contributed by atoms with Crippen LogP contribution in [0.1, 0.15) is 12.5 Å². The summed E-state index contributed by atoms with van der Waals surface area (Å²) in [5.74, 6) is -1.17. The molecule has 0 spiro atoms. The lowest BCUT2D eigenvalue weighted by Gasteiger charge is -2.14. The van der Waals surface area contributed by atoms with Gasteiger partial charge in [-0.2, -0.15) is 5.10 Å². The van der Waals surface area contributed by atoms with Crippen molar-refractivity contribution in [1.82, 2.24) is 19.3 Å². The van der Waals surface area contributed by atoms with E-state index in [0.29, 0.717) is 16.7 Å². The highest BCUT2D eigenvalue weighted by Crippen LogP contribution is 2.10. The van der Waals surface area contributed by atoms with Crippen molar-refractivity contribution in [3.8, 4) is 0 Å². The monoisotopic (exact) mass is 369 g/mol. The molecule has 2 aromatic heterocycles. The summed E-state index contributed by atoms with van der Waals surface area (Å²) >= 11 is 0. The Hall–Kier alpha value is -3.49. The van der Waals surface area contributed by atoms with Crippen molar-refractivity contribution in [2.45, 2.75) is 26.5 Å². The molecular weight excluding hydrogens is 350 g/mol. The average Bonchev–Trinajstić information content (AvgIpc) is 3.01. The number of carbonyl (C=O) groups excluding carboxylic acids is 2. The molecule has 1 N–H and O–H groups in total. The number of ether oxygens (including phenoxy) is 1. The molecule has 3 aromatic rings. The van der Waals surface area contributed by atoms with Gasteiger partial charge in [-0.3, -0.25) is 23.6 Å². The number of hydrogen-bond acceptors (Lipinski definition) is 6. The Morgan fingerprint density at radius 2 is 1.96 bits per heavy atom. The molecule has 27 heavy (non-hydrogen) atoms. The molecule has 2 heterocycles. The van der Waals surface area contributed by atoms with Crippen LogP contribution >= 0.6 is 0 Å². The van der Waals surface area contributed by atoms with Crippen molar-refractivity contribution in [3.05, 3.63) is 52.7 Å². The minimum atomic E-state index is -1.01. The van der Waals surface area contributed by atoms with Crippen molar-refractivity contribution < 1.29 is 14.3 Å². The molecule has 3 rings (SSSR count). The van der Waals surface area contributed by atoms with Gasteiger partial charge in [-0.05, 0) is 26.0 Å². The smallest absolute Gasteiger partial charge is 0.326 e. The van der Waals surface area contributed by atoms with E-state index < -0.39 is 23.5 Å². The predicted octanol–water partition coefficient (Wildman–Crippen LogP) is 1.01. The maximum absolute atomic E-state index is 12.3. The first-order valence-corrected chi connectivity index (χ1v) is 8.29. The summed E-state index contributed by atoms with van der Waals surface area (Å²) in [6, 6.07) is 7.24. The molecule has 1 aromatic carbocycles. The van der Waals surface area contributed by atoms with Crippen LogP contribution < -0.4 is 10.9 Å². The van der Waals surface area contributed by atoms with Crippen molar-refractivity contribution >= 4 is 28.6 Å². The van der Waals surface area contributed by atoms with Gasteiger partial charge in [0.1, 0.15) is 18.3 Å². The number of aryl methyl sites for hydroxylation is 2. The normalized spacial score (nSPS) is 12.0. The summed E-state index contributed by atoms with van der Waals surface area (Å²) in [5.41, 5.74) is 1.70. The summed E-state index contributed by atoms with van der Waals surface area (Å²) in [5, 5.41) is 6.94. The number of rotatable bonds is 5. The van der Waals surface area contributed by atoms with Crippen LogP contribution in [0.15, 0.2) is 41.6 Å². The maximum atomic E-state index is 12.3. The zero-order valence-electron chi connectivity index (χ0n) is 15.2. The summed E-state index contributed by atoms with van der Waals surface area (Å²) in [4.78, 5) is 40.7. The highest BCUT2D eigenvalue weighted by atomic mass is 16.5. The molecule has 0 radical (unpaired) electrons. The number of nitrogens with zero attached hydrogens (tertiary/aromatic N) is 4. The average molecular weight is 369 g/mol. The van der Waals surface area contributed by atoms with E-state index in [-0.39, 0.29) is 6.54 Å². The second kappa shape index (κ2) is 7.40. The molecule has 0 bridgehead atoms. The third-order valence-electron chi connectivity index (χ3n) is 4.01. The molecule has 9 nitrogen and oxygen atoms in total. The fraction of sp³-hybridized carbons (Fsp3) is 0.278. The van der Waals surface area contributed by atoms with Gasteiger partial charge in [0, 0.05) is 12.7 Å². The highest BCUT2D eigenvalue weighted by molar-refractivity contribution is 5.95. The van der Waals surface area contributed by atoms with Gasteiger partial charge in [-0.15, -0.1) is 0 Å². The van der Waals surface area contributed by atoms with Gasteiger partial charge in [0.2, 0.25) is 0 Å². The van der Waals surface area contributed by atoms with Crippen LogP contribution in [0.5, 0.6) is 0 Å². The van der Waals surface area contributed by atoms with Crippen LogP contribution in [0, 0.1) is 6.92 Å². The summed E-state index contributed by atoms with van der Waals surface area (Å²) in [7, 11) is 1.67. The van der Waals surface area contributed by atoms with Crippen molar-refractivity contribution in [3.63, 3.8) is 0 Å². The van der Waals surface area contributed by atoms with E-state index in [1.807, 2.05) is 19.1 Å². The number of hydrogen-bond donors (Lipinski definition) is 1. The van der Waals surface area contributed by atoms with Gasteiger partial charge < -0.3 is 10.1 Å². The Morgan fingerprint density at radius 3 is 2.67 bits per heavy atom. The Balaban J connectivity index is 1.63. The molecule has 1 amide bonds. The molecule has 0 aliphatic rings. The van der Waals surface area contributed by atoms with Gasteiger partial charge >= 0.3 is 5.97 Å². The first-order valence-electron chi connectivity index (χ1n) is 8.29. The van der Waals surface area contributed by atoms with E-state index in [1.54, 1.807) is 19.2 Å². The Labute approximate surface area is 154 Å². The minimum Gasteiger partial charge on any atom is -0.451 e. The van der Waals surface area contributed by atoms with E-state index in [4.69, 9.17) is 4.74 Å². The van der Waals surface area contributed by atoms with Gasteiger partial charge in [0.05, 0.1) is 6.20 Å². The van der Waals surface area contributed by atoms with E-state index in [9.17, 15) is 14.4 Å². The Morgan fingerprint density at radius 1 is 1.26 bits per heavy atom. The number of carbonyl (C=O) groups is 2. The third-order valence-corrected chi connectivity index (χ3v) is 4.01. The molecule has 9 heteroatoms. The molecule has 0 aliphatic heterocycles. The summed E-state index contributed by atoms with van der Waals surface area (Å²) < 4.78 is 7.72. The van der Waals surface area contributed by atoms with Crippen molar-refractivity contribution in [2.24, 2.45) is 7.05 Å². The lowest BCUT2D eigenvalue weighted by Crippen LogP contribution is -2.33. The number of amides is 1. The number of anilines is 1. The lowest BCUT2D eigenvalue weighted by molar-refractivity contribution is -0.153. The zero-order valence-corrected chi connectivity index (χ0v) is 15.2. The molecule has 0 saturated heterocycles. The van der Waals surface area contributed by atoms with Crippen LogP contribution in [0.4, 0.5) is 5.69 Å². The fourth-order valence-electron chi connectivity index (χ4n) is 2.49. The number of esters is 1. The van der Waals surface area contributed by atoms with Crippen LogP contribution in [-0.4, -0.2) is 37.3 Å². The van der Waals surface area contributed by atoms with Crippen LogP contribution in [0.2, 0.25) is 0 Å². The van der Waals surface area contributed by atoms with Gasteiger partial charge in [-0.1, -0.05) is 17.7 Å². The fourth-order valence-corrected chi connectivity index (χ4v) is 2.49. The zero-order chi connectivity index (χ0) is 19.6. The van der Waals surface area contributed by atoms with Gasteiger partial charge in [0.25, 0.3) is 11.5 Å². The first kappa shape index (κ1) is 18.3. The molecule has 1 atom stereocenters. The summed E-state index contributed by atoms with van der Waals surface area (Å²) in [6.07, 6.45) is 1.64. The second-order valence-corrected chi connectivity index (χ2v) is 6.17. The maximum Gasteiger partial charge on any atom is 0.326 e. The molecule has 0 fully saturated rings. The molecule has 140 valence electrons. The van der Waals surface area contributed by atoms with E-state index in [1.165, 1.54) is 24.1 Å². The standard InChI is InChI=1S/C18H19N5O4/c1-11-4-6-13(7-5-11)21-17(25)12(2)27-15(24)9-23-10-19-16-14(18(23)26)8-20-22(16)3/h4-8,10,12H,9H2,1-3H3,(H,21,25)/t12-/m1/s1. The van der Waals surface area contributed by atoms with E-state index in [0.717, 1.165) is 10.1 Å². The molecule has 0 saturated carbocycles. The highest BCUT2D eigenvalue weighted by Gasteiger charge is 2.19. The van der Waals surface area contributed by atoms with Crippen molar-refractivity contribution in [1.29, 1.82) is 0 Å². The van der Waals surface area contributed by atoms with Crippen LogP contribution in [-0.2, 0) is 27.9 Å². The minimum absolute atomic E-state index is 0.304. The number of nitrogens with one attached hydrogen (secondary N) is 1. The van der Waals surface area contributed by atoms with Crippen LogP contribution in [0.3, 0.4) is 0 Å².